The number of ether oxygens (including phenoxy) is 1. The predicted octanol–water partition coefficient (Wildman–Crippen LogP) is 6.25. The summed E-state index contributed by atoms with van der Waals surface area (Å²) < 4.78 is 76.1. The second kappa shape index (κ2) is 9.96. The Bertz CT molecular complexity index is 1330. The van der Waals surface area contributed by atoms with Gasteiger partial charge in [0.05, 0.1) is 5.52 Å². The van der Waals surface area contributed by atoms with Crippen LogP contribution in [0.4, 0.5) is 22.0 Å². The minimum absolute atomic E-state index is 0.000623. The molecule has 11 heteroatoms. The summed E-state index contributed by atoms with van der Waals surface area (Å²) in [5.74, 6) is -1.71. The molecule has 4 aliphatic rings. The van der Waals surface area contributed by atoms with Crippen LogP contribution in [0.3, 0.4) is 0 Å². The molecule has 8 atom stereocenters. The number of nitrogens with zero attached hydrogens (tertiary/aromatic N) is 3. The lowest BCUT2D eigenvalue weighted by Crippen LogP contribution is -2.60. The lowest BCUT2D eigenvalue weighted by molar-refractivity contribution is -0.292. The van der Waals surface area contributed by atoms with Gasteiger partial charge in [0, 0.05) is 19.6 Å². The number of carbonyl (C=O) groups is 1. The number of alkyl halides is 3. The van der Waals surface area contributed by atoms with E-state index in [1.807, 2.05) is 0 Å². The molecule has 41 heavy (non-hydrogen) atoms. The Kier molecular flexibility index (Phi) is 7.03. The van der Waals surface area contributed by atoms with Crippen molar-refractivity contribution in [3.8, 4) is 0 Å². The standard InChI is InChI=1S/C30H38F5N3O3/c1-27-10-9-20-18(4-3-17-15-29(40,30(33,34)35)12-11-28(17,20)13-14-41-2)19(27)5-6-21(27)24(39)16-38-23-8-7-22(31)25(32)26(23)36-37-38/h7-8,17-21,40H,3-6,9-16H2,1-2H3/t17-,18+,19+,20+,21-,27+,28-,29-/m1/s1. The van der Waals surface area contributed by atoms with E-state index in [1.165, 1.54) is 10.7 Å². The van der Waals surface area contributed by atoms with Gasteiger partial charge in [0.15, 0.2) is 28.5 Å². The lowest BCUT2D eigenvalue weighted by atomic mass is 9.42. The van der Waals surface area contributed by atoms with E-state index in [-0.39, 0.29) is 70.7 Å². The number of ketones is 1. The van der Waals surface area contributed by atoms with E-state index in [0.29, 0.717) is 31.8 Å². The Balaban J connectivity index is 1.23. The van der Waals surface area contributed by atoms with E-state index in [0.717, 1.165) is 38.2 Å². The van der Waals surface area contributed by atoms with Gasteiger partial charge in [-0.05, 0) is 111 Å². The van der Waals surface area contributed by atoms with Gasteiger partial charge in [0.1, 0.15) is 6.54 Å². The molecule has 4 fully saturated rings. The highest BCUT2D eigenvalue weighted by Crippen LogP contribution is 2.69. The average molecular weight is 584 g/mol. The number of halogens is 5. The van der Waals surface area contributed by atoms with E-state index in [4.69, 9.17) is 4.74 Å². The van der Waals surface area contributed by atoms with Gasteiger partial charge in [0.2, 0.25) is 0 Å². The normalized spacial score (nSPS) is 38.9. The number of carbonyl (C=O) groups excluding carboxylic acids is 1. The predicted molar refractivity (Wildman–Crippen MR) is 139 cm³/mol. The Morgan fingerprint density at radius 3 is 2.61 bits per heavy atom. The highest BCUT2D eigenvalue weighted by atomic mass is 19.4. The molecule has 1 heterocycles. The molecule has 0 saturated heterocycles. The Morgan fingerprint density at radius 1 is 1.10 bits per heavy atom. The molecular formula is C30H38F5N3O3. The van der Waals surface area contributed by atoms with Crippen LogP contribution in [0.2, 0.25) is 0 Å². The molecular weight excluding hydrogens is 545 g/mol. The maximum Gasteiger partial charge on any atom is 0.417 e. The van der Waals surface area contributed by atoms with E-state index >= 15 is 0 Å². The van der Waals surface area contributed by atoms with Crippen LogP contribution < -0.4 is 0 Å². The fourth-order valence-electron chi connectivity index (χ4n) is 9.98. The molecule has 1 aromatic heterocycles. The van der Waals surface area contributed by atoms with Gasteiger partial charge in [-0.2, -0.15) is 13.2 Å². The Labute approximate surface area is 236 Å². The molecule has 0 unspecified atom stereocenters. The molecule has 226 valence electrons. The molecule has 0 amide bonds. The van der Waals surface area contributed by atoms with Crippen LogP contribution in [0.5, 0.6) is 0 Å². The fraction of sp³-hybridized carbons (Fsp3) is 0.767. The minimum atomic E-state index is -4.64. The summed E-state index contributed by atoms with van der Waals surface area (Å²) >= 11 is 0. The van der Waals surface area contributed by atoms with Crippen molar-refractivity contribution in [2.24, 2.45) is 40.4 Å². The fourth-order valence-corrected chi connectivity index (χ4v) is 9.98. The largest absolute Gasteiger partial charge is 0.417 e. The first kappa shape index (κ1) is 29.0. The zero-order valence-electron chi connectivity index (χ0n) is 23.5. The summed E-state index contributed by atoms with van der Waals surface area (Å²) in [7, 11) is 1.62. The number of methoxy groups -OCH3 is 1. The maximum atomic E-state index is 14.2. The zero-order chi connectivity index (χ0) is 29.4. The SMILES string of the molecule is COCC[C@]12CC[C@](O)(C(F)(F)F)C[C@H]1CC[C@H]1[C@@H]3CC[C@H](C(=O)Cn4nnc5c(F)c(F)ccc54)[C@@]3(C)CC[C@@H]12. The Hall–Kier alpha value is -2.14. The molecule has 4 aliphatic carbocycles. The van der Waals surface area contributed by atoms with Crippen LogP contribution in [0.1, 0.15) is 71.1 Å². The van der Waals surface area contributed by atoms with Crippen molar-refractivity contribution in [1.82, 2.24) is 15.0 Å². The molecule has 6 rings (SSSR count). The summed E-state index contributed by atoms with van der Waals surface area (Å²) in [6.07, 6.45) is 0.538. The molecule has 0 spiro atoms. The third kappa shape index (κ3) is 4.34. The van der Waals surface area contributed by atoms with Crippen LogP contribution in [0, 0.1) is 52.1 Å². The Morgan fingerprint density at radius 2 is 1.88 bits per heavy atom. The maximum absolute atomic E-state index is 14.2. The summed E-state index contributed by atoms with van der Waals surface area (Å²) in [5.41, 5.74) is -3.11. The summed E-state index contributed by atoms with van der Waals surface area (Å²) in [6.45, 7) is 2.59. The number of aliphatic hydroxyl groups is 1. The van der Waals surface area contributed by atoms with Crippen LogP contribution in [0.15, 0.2) is 12.1 Å². The number of aromatic nitrogens is 3. The topological polar surface area (TPSA) is 77.2 Å². The summed E-state index contributed by atoms with van der Waals surface area (Å²) in [6, 6.07) is 2.39. The third-order valence-electron chi connectivity index (χ3n) is 12.0. The second-order valence-corrected chi connectivity index (χ2v) is 13.5. The highest BCUT2D eigenvalue weighted by Gasteiger charge is 2.66. The molecule has 0 bridgehead atoms. The van der Waals surface area contributed by atoms with Crippen LogP contribution >= 0.6 is 0 Å². The third-order valence-corrected chi connectivity index (χ3v) is 12.0. The molecule has 1 aromatic carbocycles. The first-order chi connectivity index (χ1) is 19.3. The lowest BCUT2D eigenvalue weighted by Gasteiger charge is -2.63. The van der Waals surface area contributed by atoms with Crippen molar-refractivity contribution in [1.29, 1.82) is 0 Å². The van der Waals surface area contributed by atoms with Gasteiger partial charge in [-0.15, -0.1) is 5.10 Å². The van der Waals surface area contributed by atoms with Gasteiger partial charge < -0.3 is 9.84 Å². The first-order valence-corrected chi connectivity index (χ1v) is 14.8. The molecule has 6 nitrogen and oxygen atoms in total. The van der Waals surface area contributed by atoms with Crippen LogP contribution in [-0.2, 0) is 16.1 Å². The van der Waals surface area contributed by atoms with Crippen LogP contribution in [0.25, 0.3) is 11.0 Å². The number of rotatable bonds is 6. The number of Topliss-reactive ketones (excluding diaryl/α,β-unsaturated/α-hetero) is 1. The number of benzene rings is 1. The van der Waals surface area contributed by atoms with Gasteiger partial charge in [-0.3, -0.25) is 4.79 Å². The van der Waals surface area contributed by atoms with E-state index < -0.39 is 23.4 Å². The smallest absolute Gasteiger partial charge is 0.385 e. The van der Waals surface area contributed by atoms with Crippen molar-refractivity contribution in [2.45, 2.75) is 89.5 Å². The first-order valence-electron chi connectivity index (χ1n) is 14.8. The van der Waals surface area contributed by atoms with E-state index in [1.54, 1.807) is 7.11 Å². The summed E-state index contributed by atoms with van der Waals surface area (Å²) in [5, 5.41) is 18.3. The van der Waals surface area contributed by atoms with E-state index in [9.17, 15) is 31.9 Å². The van der Waals surface area contributed by atoms with Gasteiger partial charge >= 0.3 is 6.18 Å². The summed E-state index contributed by atoms with van der Waals surface area (Å²) in [4.78, 5) is 13.7. The number of hydrogen-bond acceptors (Lipinski definition) is 5. The van der Waals surface area contributed by atoms with Crippen LogP contribution in [-0.4, -0.2) is 51.4 Å². The second-order valence-electron chi connectivity index (χ2n) is 13.5. The molecule has 0 radical (unpaired) electrons. The average Bonchev–Trinajstić information content (AvgIpc) is 3.50. The molecule has 0 aliphatic heterocycles. The van der Waals surface area contributed by atoms with Gasteiger partial charge in [-0.25, -0.2) is 13.5 Å². The minimum Gasteiger partial charge on any atom is -0.385 e. The van der Waals surface area contributed by atoms with Gasteiger partial charge in [0.25, 0.3) is 0 Å². The van der Waals surface area contributed by atoms with Gasteiger partial charge in [-0.1, -0.05) is 12.1 Å². The molecule has 2 aromatic rings. The molecule has 4 saturated carbocycles. The van der Waals surface area contributed by atoms with Crippen molar-refractivity contribution in [3.63, 3.8) is 0 Å². The zero-order valence-corrected chi connectivity index (χ0v) is 23.5. The quantitative estimate of drug-likeness (QED) is 0.407. The number of hydrogen-bond donors (Lipinski definition) is 1. The monoisotopic (exact) mass is 583 g/mol. The highest BCUT2D eigenvalue weighted by molar-refractivity contribution is 5.84. The van der Waals surface area contributed by atoms with Crippen molar-refractivity contribution in [2.75, 3.05) is 13.7 Å². The number of fused-ring (bicyclic) bond motifs is 6. The van der Waals surface area contributed by atoms with Crippen molar-refractivity contribution < 1.29 is 36.6 Å². The van der Waals surface area contributed by atoms with Crippen molar-refractivity contribution >= 4 is 16.8 Å². The van der Waals surface area contributed by atoms with Crippen molar-refractivity contribution in [3.05, 3.63) is 23.8 Å². The molecule has 1 N–H and O–H groups in total. The van der Waals surface area contributed by atoms with E-state index in [2.05, 4.69) is 17.2 Å².